The minimum absolute atomic E-state index is 0.602. The fraction of sp³-hybridized carbons (Fsp3) is 1.00. The molecule has 0 radical (unpaired) electrons. The van der Waals surface area contributed by atoms with Crippen molar-refractivity contribution in [2.45, 2.75) is 45.7 Å². The molecule has 0 aliphatic heterocycles. The molecule has 0 aliphatic carbocycles. The number of hydrogen-bond acceptors (Lipinski definition) is 3. The summed E-state index contributed by atoms with van der Waals surface area (Å²) in [6.45, 7) is 9.69. The molecule has 0 amide bonds. The predicted octanol–water partition coefficient (Wildman–Crippen LogP) is 1.73. The van der Waals surface area contributed by atoms with Crippen LogP contribution >= 0.6 is 0 Å². The molecule has 0 aromatic heterocycles. The molecule has 2 atom stereocenters. The molecule has 0 bridgehead atoms. The van der Waals surface area contributed by atoms with Gasteiger partial charge in [0.15, 0.2) is 0 Å². The summed E-state index contributed by atoms with van der Waals surface area (Å²) in [7, 11) is 3.92. The molecule has 0 rings (SSSR count). The Morgan fingerprint density at radius 2 is 2.00 bits per heavy atom. The van der Waals surface area contributed by atoms with E-state index in [1.807, 2.05) is 0 Å². The van der Waals surface area contributed by atoms with Crippen molar-refractivity contribution >= 4 is 0 Å². The first kappa shape index (κ1) is 14.9. The van der Waals surface area contributed by atoms with Gasteiger partial charge < -0.3 is 15.0 Å². The van der Waals surface area contributed by atoms with Gasteiger partial charge in [0.2, 0.25) is 0 Å². The zero-order valence-electron chi connectivity index (χ0n) is 11.0. The van der Waals surface area contributed by atoms with E-state index in [0.717, 1.165) is 19.7 Å². The first-order valence-corrected chi connectivity index (χ1v) is 6.04. The van der Waals surface area contributed by atoms with E-state index < -0.39 is 0 Å². The van der Waals surface area contributed by atoms with Gasteiger partial charge in [0.25, 0.3) is 0 Å². The molecule has 1 N–H and O–H groups in total. The lowest BCUT2D eigenvalue weighted by Crippen LogP contribution is -2.38. The molecular formula is C12H28N2O. The Kier molecular flexibility index (Phi) is 9.06. The van der Waals surface area contributed by atoms with E-state index in [-0.39, 0.29) is 0 Å². The molecule has 0 heterocycles. The molecule has 0 aromatic rings. The Balaban J connectivity index is 3.64. The second kappa shape index (κ2) is 9.13. The standard InChI is InChI=1S/C12H28N2O/c1-6-7-13-11(2)10-12(3)14(4)8-9-15-5/h11-13H,6-10H2,1-5H3. The monoisotopic (exact) mass is 216 g/mol. The Labute approximate surface area is 95.2 Å². The second-order valence-electron chi connectivity index (χ2n) is 4.41. The topological polar surface area (TPSA) is 24.5 Å². The van der Waals surface area contributed by atoms with Gasteiger partial charge in [-0.1, -0.05) is 6.92 Å². The average Bonchev–Trinajstić information content (AvgIpc) is 2.22. The molecule has 0 saturated heterocycles. The highest BCUT2D eigenvalue weighted by Crippen LogP contribution is 2.04. The van der Waals surface area contributed by atoms with E-state index in [4.69, 9.17) is 4.74 Å². The minimum atomic E-state index is 0.602. The van der Waals surface area contributed by atoms with Crippen LogP contribution in [0.4, 0.5) is 0 Å². The second-order valence-corrected chi connectivity index (χ2v) is 4.41. The van der Waals surface area contributed by atoms with Crippen molar-refractivity contribution in [3.63, 3.8) is 0 Å². The van der Waals surface area contributed by atoms with Crippen molar-refractivity contribution in [3.8, 4) is 0 Å². The highest BCUT2D eigenvalue weighted by Gasteiger charge is 2.12. The highest BCUT2D eigenvalue weighted by atomic mass is 16.5. The normalized spacial score (nSPS) is 15.6. The zero-order valence-corrected chi connectivity index (χ0v) is 11.0. The van der Waals surface area contributed by atoms with Gasteiger partial charge in [-0.05, 0) is 40.3 Å². The van der Waals surface area contributed by atoms with Crippen LogP contribution in [0.2, 0.25) is 0 Å². The molecule has 0 saturated carbocycles. The lowest BCUT2D eigenvalue weighted by atomic mass is 10.1. The van der Waals surface area contributed by atoms with Crippen molar-refractivity contribution in [2.75, 3.05) is 33.9 Å². The van der Waals surface area contributed by atoms with Gasteiger partial charge in [-0.15, -0.1) is 0 Å². The quantitative estimate of drug-likeness (QED) is 0.635. The highest BCUT2D eigenvalue weighted by molar-refractivity contribution is 4.70. The largest absolute Gasteiger partial charge is 0.383 e. The summed E-state index contributed by atoms with van der Waals surface area (Å²) in [4.78, 5) is 2.35. The van der Waals surface area contributed by atoms with Crippen LogP contribution in [0.5, 0.6) is 0 Å². The van der Waals surface area contributed by atoms with Gasteiger partial charge >= 0.3 is 0 Å². The number of hydrogen-bond donors (Lipinski definition) is 1. The molecule has 92 valence electrons. The molecule has 2 unspecified atom stereocenters. The smallest absolute Gasteiger partial charge is 0.0589 e. The van der Waals surface area contributed by atoms with Crippen molar-refractivity contribution in [3.05, 3.63) is 0 Å². The SMILES string of the molecule is CCCNC(C)CC(C)N(C)CCOC. The summed E-state index contributed by atoms with van der Waals surface area (Å²) >= 11 is 0. The van der Waals surface area contributed by atoms with Gasteiger partial charge in [0.05, 0.1) is 6.61 Å². The van der Waals surface area contributed by atoms with Crippen LogP contribution in [0, 0.1) is 0 Å². The number of nitrogens with zero attached hydrogens (tertiary/aromatic N) is 1. The Morgan fingerprint density at radius 1 is 1.33 bits per heavy atom. The van der Waals surface area contributed by atoms with E-state index in [2.05, 4.69) is 38.0 Å². The number of rotatable bonds is 9. The van der Waals surface area contributed by atoms with Gasteiger partial charge in [-0.3, -0.25) is 0 Å². The van der Waals surface area contributed by atoms with Crippen molar-refractivity contribution in [2.24, 2.45) is 0 Å². The van der Waals surface area contributed by atoms with Crippen LogP contribution in [0.25, 0.3) is 0 Å². The molecule has 3 heteroatoms. The molecule has 0 spiro atoms. The third kappa shape index (κ3) is 7.77. The van der Waals surface area contributed by atoms with E-state index in [1.165, 1.54) is 12.8 Å². The van der Waals surface area contributed by atoms with E-state index in [0.29, 0.717) is 12.1 Å². The molecule has 15 heavy (non-hydrogen) atoms. The zero-order chi connectivity index (χ0) is 11.7. The van der Waals surface area contributed by atoms with Crippen LogP contribution in [0.3, 0.4) is 0 Å². The number of likely N-dealkylation sites (N-methyl/N-ethyl adjacent to an activating group) is 1. The summed E-state index contributed by atoms with van der Waals surface area (Å²) in [5, 5.41) is 3.52. The van der Waals surface area contributed by atoms with Gasteiger partial charge in [-0.2, -0.15) is 0 Å². The maximum Gasteiger partial charge on any atom is 0.0589 e. The summed E-state index contributed by atoms with van der Waals surface area (Å²) in [5.74, 6) is 0. The van der Waals surface area contributed by atoms with Gasteiger partial charge in [-0.25, -0.2) is 0 Å². The third-order valence-corrected chi connectivity index (χ3v) is 2.84. The minimum Gasteiger partial charge on any atom is -0.383 e. The van der Waals surface area contributed by atoms with Crippen molar-refractivity contribution in [1.29, 1.82) is 0 Å². The first-order chi connectivity index (χ1) is 7.11. The fourth-order valence-corrected chi connectivity index (χ4v) is 1.62. The van der Waals surface area contributed by atoms with Crippen LogP contribution < -0.4 is 5.32 Å². The Hall–Kier alpha value is -0.120. The van der Waals surface area contributed by atoms with Gasteiger partial charge in [0.1, 0.15) is 0 Å². The molecular weight excluding hydrogens is 188 g/mol. The van der Waals surface area contributed by atoms with Crippen molar-refractivity contribution in [1.82, 2.24) is 10.2 Å². The lowest BCUT2D eigenvalue weighted by molar-refractivity contribution is 0.137. The Morgan fingerprint density at radius 3 is 2.53 bits per heavy atom. The van der Waals surface area contributed by atoms with Crippen molar-refractivity contribution < 1.29 is 4.74 Å². The number of ether oxygens (including phenoxy) is 1. The summed E-state index contributed by atoms with van der Waals surface area (Å²) < 4.78 is 5.08. The molecule has 0 aliphatic rings. The van der Waals surface area contributed by atoms with Gasteiger partial charge in [0, 0.05) is 25.7 Å². The maximum absolute atomic E-state index is 5.08. The molecule has 0 fully saturated rings. The van der Waals surface area contributed by atoms with Crippen LogP contribution in [0.1, 0.15) is 33.6 Å². The molecule has 0 aromatic carbocycles. The number of methoxy groups -OCH3 is 1. The summed E-state index contributed by atoms with van der Waals surface area (Å²) in [6, 6.07) is 1.21. The summed E-state index contributed by atoms with van der Waals surface area (Å²) in [6.07, 6.45) is 2.40. The van der Waals surface area contributed by atoms with E-state index in [1.54, 1.807) is 7.11 Å². The molecule has 3 nitrogen and oxygen atoms in total. The summed E-state index contributed by atoms with van der Waals surface area (Å²) in [5.41, 5.74) is 0. The number of nitrogens with one attached hydrogen (secondary N) is 1. The lowest BCUT2D eigenvalue weighted by Gasteiger charge is -2.27. The van der Waals surface area contributed by atoms with Crippen LogP contribution in [-0.2, 0) is 4.74 Å². The third-order valence-electron chi connectivity index (χ3n) is 2.84. The van der Waals surface area contributed by atoms with Crippen LogP contribution in [-0.4, -0.2) is 50.8 Å². The fourth-order valence-electron chi connectivity index (χ4n) is 1.62. The van der Waals surface area contributed by atoms with E-state index in [9.17, 15) is 0 Å². The Bertz CT molecular complexity index is 142. The first-order valence-electron chi connectivity index (χ1n) is 6.04. The predicted molar refractivity (Wildman–Crippen MR) is 66.3 cm³/mol. The average molecular weight is 216 g/mol. The van der Waals surface area contributed by atoms with E-state index >= 15 is 0 Å². The van der Waals surface area contributed by atoms with Crippen LogP contribution in [0.15, 0.2) is 0 Å². The maximum atomic E-state index is 5.08.